The van der Waals surface area contributed by atoms with Crippen LogP contribution < -0.4 is 15.4 Å². The molecule has 0 fully saturated rings. The molecule has 0 bridgehead atoms. The summed E-state index contributed by atoms with van der Waals surface area (Å²) < 4.78 is 10.6. The molecule has 2 N–H and O–H groups in total. The first-order valence-electron chi connectivity index (χ1n) is 10.4. The third-order valence-electron chi connectivity index (χ3n) is 4.65. The summed E-state index contributed by atoms with van der Waals surface area (Å²) in [5.74, 6) is 2.67. The summed E-state index contributed by atoms with van der Waals surface area (Å²) in [5.41, 5.74) is 1.26. The van der Waals surface area contributed by atoms with Crippen molar-refractivity contribution in [2.75, 3.05) is 26.7 Å². The molecule has 0 aliphatic heterocycles. The van der Waals surface area contributed by atoms with E-state index in [0.717, 1.165) is 61.2 Å². The number of ether oxygens (including phenoxy) is 1. The fourth-order valence-electron chi connectivity index (χ4n) is 2.94. The standard InChI is InChI=1S/C23H30N4O2S/c1-3-21-17-27-22(30-21)12-15-26-23(25-14-11-20-5-4-16-29-20)24-13-10-18-6-8-19(28-2)9-7-18/h4-9,16-17H,3,10-15H2,1-2H3,(H2,24,25,26). The van der Waals surface area contributed by atoms with Crippen LogP contribution in [0.4, 0.5) is 0 Å². The summed E-state index contributed by atoms with van der Waals surface area (Å²) >= 11 is 1.77. The summed E-state index contributed by atoms with van der Waals surface area (Å²) in [7, 11) is 1.68. The van der Waals surface area contributed by atoms with E-state index < -0.39 is 0 Å². The lowest BCUT2D eigenvalue weighted by Crippen LogP contribution is -2.39. The molecule has 3 aromatic rings. The highest BCUT2D eigenvalue weighted by Crippen LogP contribution is 2.14. The fraction of sp³-hybridized carbons (Fsp3) is 0.391. The van der Waals surface area contributed by atoms with Crippen LogP contribution in [0.2, 0.25) is 0 Å². The molecule has 2 heterocycles. The third kappa shape index (κ3) is 7.22. The van der Waals surface area contributed by atoms with Crippen molar-refractivity contribution in [3.63, 3.8) is 0 Å². The van der Waals surface area contributed by atoms with Gasteiger partial charge in [-0.3, -0.25) is 4.99 Å². The second-order valence-corrected chi connectivity index (χ2v) is 8.03. The van der Waals surface area contributed by atoms with Crippen molar-refractivity contribution >= 4 is 17.3 Å². The average Bonchev–Trinajstić information content (AvgIpc) is 3.46. The van der Waals surface area contributed by atoms with E-state index in [2.05, 4.69) is 34.7 Å². The van der Waals surface area contributed by atoms with Crippen molar-refractivity contribution in [2.45, 2.75) is 32.6 Å². The first-order chi connectivity index (χ1) is 14.8. The Balaban J connectivity index is 1.50. The monoisotopic (exact) mass is 426 g/mol. The number of aromatic nitrogens is 1. The highest BCUT2D eigenvalue weighted by atomic mass is 32.1. The van der Waals surface area contributed by atoms with E-state index in [1.165, 1.54) is 10.4 Å². The smallest absolute Gasteiger partial charge is 0.191 e. The van der Waals surface area contributed by atoms with Crippen LogP contribution in [0.15, 0.2) is 58.3 Å². The summed E-state index contributed by atoms with van der Waals surface area (Å²) in [6.07, 6.45) is 7.30. The van der Waals surface area contributed by atoms with Gasteiger partial charge in [-0.25, -0.2) is 4.98 Å². The van der Waals surface area contributed by atoms with Crippen molar-refractivity contribution in [3.8, 4) is 5.75 Å². The molecule has 0 spiro atoms. The van der Waals surface area contributed by atoms with Crippen LogP contribution in [0.3, 0.4) is 0 Å². The molecule has 0 aliphatic rings. The number of methoxy groups -OCH3 is 1. The minimum Gasteiger partial charge on any atom is -0.497 e. The fourth-order valence-corrected chi connectivity index (χ4v) is 3.79. The lowest BCUT2D eigenvalue weighted by atomic mass is 10.1. The average molecular weight is 427 g/mol. The van der Waals surface area contributed by atoms with Gasteiger partial charge in [0.25, 0.3) is 0 Å². The number of hydrogen-bond acceptors (Lipinski definition) is 5. The number of furan rings is 1. The van der Waals surface area contributed by atoms with Crippen LogP contribution >= 0.6 is 11.3 Å². The molecule has 7 heteroatoms. The van der Waals surface area contributed by atoms with Gasteiger partial charge in [-0.2, -0.15) is 0 Å². The molecule has 0 unspecified atom stereocenters. The summed E-state index contributed by atoms with van der Waals surface area (Å²) in [4.78, 5) is 10.5. The largest absolute Gasteiger partial charge is 0.497 e. The maximum atomic E-state index is 5.41. The van der Waals surface area contributed by atoms with Gasteiger partial charge in [0.1, 0.15) is 11.5 Å². The molecule has 30 heavy (non-hydrogen) atoms. The van der Waals surface area contributed by atoms with Crippen molar-refractivity contribution < 1.29 is 9.15 Å². The predicted octanol–water partition coefficient (Wildman–Crippen LogP) is 3.87. The molecule has 0 saturated carbocycles. The Bertz CT molecular complexity index is 888. The van der Waals surface area contributed by atoms with Crippen LogP contribution in [-0.2, 0) is 25.7 Å². The van der Waals surface area contributed by atoms with Gasteiger partial charge in [0.05, 0.1) is 18.4 Å². The van der Waals surface area contributed by atoms with Crippen molar-refractivity contribution in [3.05, 3.63) is 70.1 Å². The summed E-state index contributed by atoms with van der Waals surface area (Å²) in [6.45, 7) is 4.42. The van der Waals surface area contributed by atoms with Gasteiger partial charge in [-0.1, -0.05) is 19.1 Å². The number of hydrogen-bond donors (Lipinski definition) is 2. The molecule has 0 saturated heterocycles. The van der Waals surface area contributed by atoms with Gasteiger partial charge in [0.15, 0.2) is 5.96 Å². The number of guanidine groups is 1. The first kappa shape index (κ1) is 21.9. The zero-order valence-electron chi connectivity index (χ0n) is 17.7. The van der Waals surface area contributed by atoms with Crippen molar-refractivity contribution in [1.29, 1.82) is 0 Å². The minimum atomic E-state index is 0.704. The van der Waals surface area contributed by atoms with Crippen LogP contribution in [0.1, 0.15) is 28.1 Å². The lowest BCUT2D eigenvalue weighted by molar-refractivity contribution is 0.414. The Morgan fingerprint density at radius 2 is 1.90 bits per heavy atom. The topological polar surface area (TPSA) is 71.7 Å². The van der Waals surface area contributed by atoms with Gasteiger partial charge in [0.2, 0.25) is 0 Å². The Kier molecular flexibility index (Phi) is 8.78. The van der Waals surface area contributed by atoms with E-state index >= 15 is 0 Å². The normalized spacial score (nSPS) is 11.5. The van der Waals surface area contributed by atoms with Crippen LogP contribution in [0, 0.1) is 0 Å². The zero-order chi connectivity index (χ0) is 21.0. The quantitative estimate of drug-likeness (QED) is 0.360. The molecular weight excluding hydrogens is 396 g/mol. The van der Waals surface area contributed by atoms with Crippen LogP contribution in [0.5, 0.6) is 5.75 Å². The Morgan fingerprint density at radius 1 is 1.10 bits per heavy atom. The second kappa shape index (κ2) is 12.0. The van der Waals surface area contributed by atoms with Gasteiger partial charge >= 0.3 is 0 Å². The van der Waals surface area contributed by atoms with Crippen molar-refractivity contribution in [1.82, 2.24) is 15.6 Å². The molecule has 0 amide bonds. The molecule has 2 aromatic heterocycles. The predicted molar refractivity (Wildman–Crippen MR) is 123 cm³/mol. The third-order valence-corrected chi connectivity index (χ3v) is 5.86. The van der Waals surface area contributed by atoms with Crippen molar-refractivity contribution in [2.24, 2.45) is 4.99 Å². The first-order valence-corrected chi connectivity index (χ1v) is 11.2. The Morgan fingerprint density at radius 3 is 2.57 bits per heavy atom. The Labute approximate surface area is 182 Å². The molecule has 0 aliphatic carbocycles. The number of nitrogens with zero attached hydrogens (tertiary/aromatic N) is 2. The van der Waals surface area contributed by atoms with E-state index in [1.807, 2.05) is 30.5 Å². The van der Waals surface area contributed by atoms with Gasteiger partial charge in [-0.15, -0.1) is 11.3 Å². The number of aryl methyl sites for hydroxylation is 1. The molecule has 160 valence electrons. The maximum Gasteiger partial charge on any atom is 0.191 e. The number of aliphatic imine (C=N–C) groups is 1. The van der Waals surface area contributed by atoms with E-state index in [1.54, 1.807) is 24.7 Å². The number of thiazole rings is 1. The summed E-state index contributed by atoms with van der Waals surface area (Å²) in [5, 5.41) is 7.99. The zero-order valence-corrected chi connectivity index (χ0v) is 18.5. The van der Waals surface area contributed by atoms with E-state index in [-0.39, 0.29) is 0 Å². The second-order valence-electron chi connectivity index (χ2n) is 6.84. The maximum absolute atomic E-state index is 5.41. The minimum absolute atomic E-state index is 0.704. The SMILES string of the molecule is CCc1cnc(CCN=C(NCCc2ccc(OC)cc2)NCCc2ccco2)s1. The number of nitrogens with one attached hydrogen (secondary N) is 2. The highest BCUT2D eigenvalue weighted by molar-refractivity contribution is 7.11. The molecule has 6 nitrogen and oxygen atoms in total. The number of rotatable bonds is 11. The van der Waals surface area contributed by atoms with Gasteiger partial charge in [-0.05, 0) is 42.7 Å². The van der Waals surface area contributed by atoms with E-state index in [9.17, 15) is 0 Å². The molecule has 1 aromatic carbocycles. The highest BCUT2D eigenvalue weighted by Gasteiger charge is 2.03. The van der Waals surface area contributed by atoms with Crippen LogP contribution in [0.25, 0.3) is 0 Å². The Hall–Kier alpha value is -2.80. The van der Waals surface area contributed by atoms with Gasteiger partial charge < -0.3 is 19.8 Å². The molecule has 3 rings (SSSR count). The molecule has 0 radical (unpaired) electrons. The van der Waals surface area contributed by atoms with E-state index in [0.29, 0.717) is 6.54 Å². The van der Waals surface area contributed by atoms with E-state index in [4.69, 9.17) is 14.1 Å². The number of benzene rings is 1. The summed E-state index contributed by atoms with van der Waals surface area (Å²) in [6, 6.07) is 12.1. The lowest BCUT2D eigenvalue weighted by Gasteiger charge is -2.12. The molecule has 0 atom stereocenters. The molecular formula is C23H30N4O2S. The van der Waals surface area contributed by atoms with Gasteiger partial charge in [0, 0.05) is 43.5 Å². The van der Waals surface area contributed by atoms with Crippen LogP contribution in [-0.4, -0.2) is 37.7 Å².